The number of aryl methyl sites for hydroxylation is 2. The summed E-state index contributed by atoms with van der Waals surface area (Å²) in [6.45, 7) is 13.9. The standard InChI is InChI=1S/C28H34N2O/c1-8-30(7)19-29-26-17-21(3)27(18-20(26)2)31-25-15-11-23(12-16-25)22-9-13-24(14-10-22)28(4,5)6/h9-19H,8H2,1-7H3. The molecule has 0 saturated carbocycles. The highest BCUT2D eigenvalue weighted by molar-refractivity contribution is 5.66. The van der Waals surface area contributed by atoms with E-state index in [4.69, 9.17) is 4.74 Å². The van der Waals surface area contributed by atoms with E-state index >= 15 is 0 Å². The molecule has 0 amide bonds. The highest BCUT2D eigenvalue weighted by atomic mass is 16.5. The first-order valence-electron chi connectivity index (χ1n) is 10.9. The summed E-state index contributed by atoms with van der Waals surface area (Å²) in [4.78, 5) is 6.65. The lowest BCUT2D eigenvalue weighted by molar-refractivity contribution is 0.478. The Morgan fingerprint density at radius 3 is 2.00 bits per heavy atom. The van der Waals surface area contributed by atoms with E-state index < -0.39 is 0 Å². The molecule has 0 unspecified atom stereocenters. The SMILES string of the molecule is CCN(C)C=Nc1cc(C)c(Oc2ccc(-c3ccc(C(C)(C)C)cc3)cc2)cc1C. The van der Waals surface area contributed by atoms with Crippen molar-refractivity contribution in [2.24, 2.45) is 4.99 Å². The Bertz CT molecular complexity index is 1040. The third-order valence-electron chi connectivity index (χ3n) is 5.55. The summed E-state index contributed by atoms with van der Waals surface area (Å²) in [5.74, 6) is 1.70. The fourth-order valence-corrected chi connectivity index (χ4v) is 3.27. The van der Waals surface area contributed by atoms with Gasteiger partial charge in [-0.2, -0.15) is 0 Å². The Morgan fingerprint density at radius 2 is 1.45 bits per heavy atom. The molecule has 0 aliphatic carbocycles. The molecule has 3 aromatic rings. The van der Waals surface area contributed by atoms with Gasteiger partial charge in [-0.25, -0.2) is 4.99 Å². The van der Waals surface area contributed by atoms with Crippen LogP contribution in [0.4, 0.5) is 5.69 Å². The van der Waals surface area contributed by atoms with Crippen LogP contribution in [-0.4, -0.2) is 24.8 Å². The van der Waals surface area contributed by atoms with Crippen molar-refractivity contribution in [3.8, 4) is 22.6 Å². The molecule has 0 saturated heterocycles. The molecule has 0 spiro atoms. The van der Waals surface area contributed by atoms with Crippen molar-refractivity contribution >= 4 is 12.0 Å². The van der Waals surface area contributed by atoms with Crippen molar-refractivity contribution in [3.05, 3.63) is 77.4 Å². The van der Waals surface area contributed by atoms with Crippen LogP contribution in [0.5, 0.6) is 11.5 Å². The molecule has 0 aromatic heterocycles. The number of hydrogen-bond acceptors (Lipinski definition) is 2. The molecule has 0 aliphatic heterocycles. The van der Waals surface area contributed by atoms with E-state index in [9.17, 15) is 0 Å². The highest BCUT2D eigenvalue weighted by Gasteiger charge is 2.13. The van der Waals surface area contributed by atoms with Gasteiger partial charge in [-0.3, -0.25) is 0 Å². The molecule has 0 heterocycles. The molecule has 3 rings (SSSR count). The second kappa shape index (κ2) is 9.38. The summed E-state index contributed by atoms with van der Waals surface area (Å²) in [6, 6.07) is 21.3. The van der Waals surface area contributed by atoms with Gasteiger partial charge in [0.05, 0.1) is 12.0 Å². The molecule has 31 heavy (non-hydrogen) atoms. The van der Waals surface area contributed by atoms with Crippen molar-refractivity contribution in [2.75, 3.05) is 13.6 Å². The van der Waals surface area contributed by atoms with Crippen molar-refractivity contribution in [1.82, 2.24) is 4.90 Å². The highest BCUT2D eigenvalue weighted by Crippen LogP contribution is 2.33. The van der Waals surface area contributed by atoms with Crippen LogP contribution in [0.2, 0.25) is 0 Å². The number of rotatable bonds is 6. The summed E-state index contributed by atoms with van der Waals surface area (Å²) in [5, 5.41) is 0. The lowest BCUT2D eigenvalue weighted by Crippen LogP contribution is -2.14. The van der Waals surface area contributed by atoms with Gasteiger partial charge >= 0.3 is 0 Å². The fraction of sp³-hybridized carbons (Fsp3) is 0.321. The first-order valence-corrected chi connectivity index (χ1v) is 10.9. The Labute approximate surface area is 187 Å². The van der Waals surface area contributed by atoms with Crippen molar-refractivity contribution in [3.63, 3.8) is 0 Å². The minimum absolute atomic E-state index is 0.166. The summed E-state index contributed by atoms with van der Waals surface area (Å²) >= 11 is 0. The van der Waals surface area contributed by atoms with Crippen molar-refractivity contribution in [1.29, 1.82) is 0 Å². The molecule has 0 aliphatic rings. The predicted molar refractivity (Wildman–Crippen MR) is 133 cm³/mol. The topological polar surface area (TPSA) is 24.8 Å². The Balaban J connectivity index is 1.75. The molecule has 3 nitrogen and oxygen atoms in total. The van der Waals surface area contributed by atoms with Crippen LogP contribution in [0.1, 0.15) is 44.4 Å². The van der Waals surface area contributed by atoms with E-state index in [1.165, 1.54) is 16.7 Å². The third kappa shape index (κ3) is 5.75. The van der Waals surface area contributed by atoms with Crippen LogP contribution in [0, 0.1) is 13.8 Å². The predicted octanol–water partition coefficient (Wildman–Crippen LogP) is 7.67. The first kappa shape index (κ1) is 22.6. The van der Waals surface area contributed by atoms with Gasteiger partial charge in [-0.15, -0.1) is 0 Å². The molecule has 0 atom stereocenters. The minimum atomic E-state index is 0.166. The Hall–Kier alpha value is -3.07. The van der Waals surface area contributed by atoms with Gasteiger partial charge in [0, 0.05) is 13.6 Å². The van der Waals surface area contributed by atoms with Crippen LogP contribution in [0.25, 0.3) is 11.1 Å². The van der Waals surface area contributed by atoms with Gasteiger partial charge in [0.2, 0.25) is 0 Å². The number of benzene rings is 3. The maximum atomic E-state index is 6.18. The summed E-state index contributed by atoms with van der Waals surface area (Å²) < 4.78 is 6.18. The Morgan fingerprint density at radius 1 is 0.871 bits per heavy atom. The number of aliphatic imine (C=N–C) groups is 1. The zero-order valence-electron chi connectivity index (χ0n) is 19.9. The molecule has 3 aromatic carbocycles. The van der Waals surface area contributed by atoms with E-state index in [0.717, 1.165) is 34.9 Å². The second-order valence-electron chi connectivity index (χ2n) is 9.18. The van der Waals surface area contributed by atoms with Crippen molar-refractivity contribution < 1.29 is 4.74 Å². The lowest BCUT2D eigenvalue weighted by atomic mass is 9.86. The molecular formula is C28H34N2O. The van der Waals surface area contributed by atoms with E-state index in [0.29, 0.717) is 0 Å². The van der Waals surface area contributed by atoms with Crippen molar-refractivity contribution in [2.45, 2.75) is 47.0 Å². The molecular weight excluding hydrogens is 380 g/mol. The van der Waals surface area contributed by atoms with Crippen LogP contribution in [0.3, 0.4) is 0 Å². The monoisotopic (exact) mass is 414 g/mol. The normalized spacial score (nSPS) is 11.7. The quantitative estimate of drug-likeness (QED) is 0.305. The van der Waals surface area contributed by atoms with Gasteiger partial charge in [0.1, 0.15) is 11.5 Å². The average Bonchev–Trinajstić information content (AvgIpc) is 2.75. The number of nitrogens with zero attached hydrogens (tertiary/aromatic N) is 2. The molecule has 162 valence electrons. The smallest absolute Gasteiger partial charge is 0.130 e. The molecule has 3 heteroatoms. The average molecular weight is 415 g/mol. The summed E-state index contributed by atoms with van der Waals surface area (Å²) in [5.41, 5.74) is 7.04. The largest absolute Gasteiger partial charge is 0.457 e. The molecule has 0 fully saturated rings. The fourth-order valence-electron chi connectivity index (χ4n) is 3.27. The van der Waals surface area contributed by atoms with E-state index in [2.05, 4.69) is 100.0 Å². The maximum Gasteiger partial charge on any atom is 0.130 e. The third-order valence-corrected chi connectivity index (χ3v) is 5.55. The number of ether oxygens (including phenoxy) is 1. The number of hydrogen-bond donors (Lipinski definition) is 0. The summed E-state index contributed by atoms with van der Waals surface area (Å²) in [6.07, 6.45) is 1.87. The maximum absolute atomic E-state index is 6.18. The minimum Gasteiger partial charge on any atom is -0.457 e. The van der Waals surface area contributed by atoms with Gasteiger partial charge in [0.15, 0.2) is 0 Å². The first-order chi connectivity index (χ1) is 14.7. The molecule has 0 radical (unpaired) electrons. The van der Waals surface area contributed by atoms with Crippen LogP contribution >= 0.6 is 0 Å². The van der Waals surface area contributed by atoms with Gasteiger partial charge in [-0.1, -0.05) is 57.2 Å². The van der Waals surface area contributed by atoms with Gasteiger partial charge in [0.25, 0.3) is 0 Å². The van der Waals surface area contributed by atoms with E-state index in [1.807, 2.05) is 25.5 Å². The van der Waals surface area contributed by atoms with Crippen LogP contribution in [-0.2, 0) is 5.41 Å². The lowest BCUT2D eigenvalue weighted by Gasteiger charge is -2.19. The zero-order chi connectivity index (χ0) is 22.6. The van der Waals surface area contributed by atoms with E-state index in [1.54, 1.807) is 0 Å². The summed E-state index contributed by atoms with van der Waals surface area (Å²) in [7, 11) is 2.02. The molecule has 0 bridgehead atoms. The van der Waals surface area contributed by atoms with Gasteiger partial charge in [-0.05, 0) is 78.3 Å². The molecule has 0 N–H and O–H groups in total. The zero-order valence-corrected chi connectivity index (χ0v) is 19.9. The van der Waals surface area contributed by atoms with Gasteiger partial charge < -0.3 is 9.64 Å². The van der Waals surface area contributed by atoms with E-state index in [-0.39, 0.29) is 5.41 Å². The second-order valence-corrected chi connectivity index (χ2v) is 9.18. The Kier molecular flexibility index (Phi) is 6.84. The van der Waals surface area contributed by atoms with Crippen LogP contribution < -0.4 is 4.74 Å². The van der Waals surface area contributed by atoms with Crippen LogP contribution in [0.15, 0.2) is 65.7 Å².